The summed E-state index contributed by atoms with van der Waals surface area (Å²) in [6.07, 6.45) is 6.57. The Balaban J connectivity index is 0.00000120. The van der Waals surface area contributed by atoms with Crippen molar-refractivity contribution in [2.45, 2.75) is 63.1 Å². The SMILES string of the molecule is Cc1nnc(NC(=O)c2csc([C@@H]3C[C@H]3NC3CCN(C4CC4)CC3)c2)s1.Cl.Cl. The van der Waals surface area contributed by atoms with Crippen molar-refractivity contribution in [1.29, 1.82) is 0 Å². The number of amides is 1. The van der Waals surface area contributed by atoms with Gasteiger partial charge in [-0.25, -0.2) is 0 Å². The van der Waals surface area contributed by atoms with Gasteiger partial charge in [-0.3, -0.25) is 10.1 Å². The molecule has 0 radical (unpaired) electrons. The number of nitrogens with one attached hydrogen (secondary N) is 2. The fraction of sp³-hybridized carbons (Fsp3) is 0.632. The van der Waals surface area contributed by atoms with Gasteiger partial charge in [0.2, 0.25) is 5.13 Å². The minimum atomic E-state index is -0.0914. The first-order chi connectivity index (χ1) is 13.2. The zero-order valence-electron chi connectivity index (χ0n) is 16.3. The lowest BCUT2D eigenvalue weighted by Gasteiger charge is -2.32. The molecule has 0 aromatic carbocycles. The second kappa shape index (κ2) is 9.58. The maximum absolute atomic E-state index is 12.4. The van der Waals surface area contributed by atoms with E-state index in [2.05, 4.69) is 31.8 Å². The van der Waals surface area contributed by atoms with Crippen molar-refractivity contribution in [3.63, 3.8) is 0 Å². The molecule has 0 spiro atoms. The minimum absolute atomic E-state index is 0. The van der Waals surface area contributed by atoms with Crippen LogP contribution in [-0.4, -0.2) is 52.2 Å². The zero-order chi connectivity index (χ0) is 18.4. The van der Waals surface area contributed by atoms with Crippen molar-refractivity contribution < 1.29 is 4.79 Å². The van der Waals surface area contributed by atoms with Crippen LogP contribution in [0.25, 0.3) is 0 Å². The van der Waals surface area contributed by atoms with Crippen LogP contribution < -0.4 is 10.6 Å². The van der Waals surface area contributed by atoms with Gasteiger partial charge in [-0.2, -0.15) is 0 Å². The molecule has 160 valence electrons. The van der Waals surface area contributed by atoms with Crippen molar-refractivity contribution >= 4 is 58.5 Å². The molecule has 3 fully saturated rings. The number of thiophene rings is 1. The lowest BCUT2D eigenvalue weighted by molar-refractivity contribution is 0.102. The molecule has 0 unspecified atom stereocenters. The molecule has 3 aliphatic rings. The molecule has 6 nitrogen and oxygen atoms in total. The highest BCUT2D eigenvalue weighted by Gasteiger charge is 2.41. The van der Waals surface area contributed by atoms with Crippen molar-refractivity contribution in [1.82, 2.24) is 20.4 Å². The summed E-state index contributed by atoms with van der Waals surface area (Å²) in [5.74, 6) is 0.480. The molecule has 1 saturated heterocycles. The van der Waals surface area contributed by atoms with Gasteiger partial charge in [-0.1, -0.05) is 11.3 Å². The Morgan fingerprint density at radius 3 is 2.59 bits per heavy atom. The monoisotopic (exact) mass is 475 g/mol. The van der Waals surface area contributed by atoms with Crippen LogP contribution in [-0.2, 0) is 0 Å². The Morgan fingerprint density at radius 2 is 1.93 bits per heavy atom. The summed E-state index contributed by atoms with van der Waals surface area (Å²) in [5.41, 5.74) is 0.728. The fourth-order valence-corrected chi connectivity index (χ4v) is 5.71. The molecule has 2 aromatic rings. The number of rotatable bonds is 6. The minimum Gasteiger partial charge on any atom is -0.310 e. The number of aromatic nitrogens is 2. The van der Waals surface area contributed by atoms with E-state index in [4.69, 9.17) is 0 Å². The Hall–Kier alpha value is -0.770. The molecular weight excluding hydrogens is 449 g/mol. The third-order valence-electron chi connectivity index (χ3n) is 5.83. The largest absolute Gasteiger partial charge is 0.310 e. The lowest BCUT2D eigenvalue weighted by Crippen LogP contribution is -2.44. The number of nitrogens with zero attached hydrogens (tertiary/aromatic N) is 3. The zero-order valence-corrected chi connectivity index (χ0v) is 19.6. The quantitative estimate of drug-likeness (QED) is 0.658. The number of halogens is 2. The van der Waals surface area contributed by atoms with Crippen molar-refractivity contribution in [3.8, 4) is 0 Å². The van der Waals surface area contributed by atoms with Crippen molar-refractivity contribution in [2.75, 3.05) is 18.4 Å². The smallest absolute Gasteiger partial charge is 0.258 e. The fourth-order valence-electron chi connectivity index (χ4n) is 4.05. The van der Waals surface area contributed by atoms with E-state index in [0.717, 1.165) is 16.6 Å². The first kappa shape index (κ1) is 22.9. The van der Waals surface area contributed by atoms with Crippen LogP contribution in [0.2, 0.25) is 0 Å². The predicted octanol–water partition coefficient (Wildman–Crippen LogP) is 4.08. The Morgan fingerprint density at radius 1 is 1.17 bits per heavy atom. The maximum atomic E-state index is 12.4. The van der Waals surface area contributed by atoms with Gasteiger partial charge in [-0.15, -0.1) is 46.3 Å². The summed E-state index contributed by atoms with van der Waals surface area (Å²) in [6.45, 7) is 4.40. The van der Waals surface area contributed by atoms with E-state index >= 15 is 0 Å². The molecule has 5 rings (SSSR count). The number of carbonyl (C=O) groups excluding carboxylic acids is 1. The predicted molar refractivity (Wildman–Crippen MR) is 123 cm³/mol. The molecule has 1 amide bonds. The number of likely N-dealkylation sites (tertiary alicyclic amines) is 1. The molecular formula is C19H27Cl2N5OS2. The standard InChI is InChI=1S/C19H25N5OS2.2ClH/c1-11-22-23-19(27-11)21-18(25)12-8-17(26-10-12)15-9-16(15)20-13-4-6-24(7-5-13)14-2-3-14;;/h8,10,13-16,20H,2-7,9H2,1H3,(H,21,23,25);2*1H/t15-,16-;;/m1../s1. The average molecular weight is 476 g/mol. The second-order valence-electron chi connectivity index (χ2n) is 7.97. The lowest BCUT2D eigenvalue weighted by atomic mass is 10.0. The average Bonchev–Trinajstić information content (AvgIpc) is 3.56. The highest BCUT2D eigenvalue weighted by molar-refractivity contribution is 7.15. The van der Waals surface area contributed by atoms with Crippen LogP contribution in [0.15, 0.2) is 11.4 Å². The molecule has 2 aromatic heterocycles. The third kappa shape index (κ3) is 5.48. The summed E-state index contributed by atoms with van der Waals surface area (Å²) in [6, 6.07) is 4.20. The van der Waals surface area contributed by atoms with Crippen LogP contribution in [0.1, 0.15) is 58.3 Å². The molecule has 29 heavy (non-hydrogen) atoms. The summed E-state index contributed by atoms with van der Waals surface area (Å²) >= 11 is 3.10. The molecule has 10 heteroatoms. The molecule has 1 aliphatic heterocycles. The maximum Gasteiger partial charge on any atom is 0.258 e. The van der Waals surface area contributed by atoms with Gasteiger partial charge < -0.3 is 10.2 Å². The number of piperidine rings is 1. The van der Waals surface area contributed by atoms with Crippen molar-refractivity contribution in [2.24, 2.45) is 0 Å². The number of anilines is 1. The van der Waals surface area contributed by atoms with Crippen molar-refractivity contribution in [3.05, 3.63) is 26.9 Å². The molecule has 2 aliphatic carbocycles. The van der Waals surface area contributed by atoms with Crippen LogP contribution >= 0.6 is 47.5 Å². The molecule has 2 saturated carbocycles. The van der Waals surface area contributed by atoms with Crippen LogP contribution in [0.5, 0.6) is 0 Å². The molecule has 2 N–H and O–H groups in total. The summed E-state index contributed by atoms with van der Waals surface area (Å²) in [4.78, 5) is 16.4. The van der Waals surface area contributed by atoms with Gasteiger partial charge in [0.1, 0.15) is 5.01 Å². The van der Waals surface area contributed by atoms with E-state index in [1.165, 1.54) is 61.4 Å². The van der Waals surface area contributed by atoms with Gasteiger partial charge >= 0.3 is 0 Å². The highest BCUT2D eigenvalue weighted by Crippen LogP contribution is 2.44. The van der Waals surface area contributed by atoms with Crippen LogP contribution in [0.4, 0.5) is 5.13 Å². The topological polar surface area (TPSA) is 70.1 Å². The molecule has 0 bridgehead atoms. The van der Waals surface area contributed by atoms with Gasteiger partial charge in [-0.05, 0) is 58.2 Å². The summed E-state index contributed by atoms with van der Waals surface area (Å²) < 4.78 is 0. The Bertz CT molecular complexity index is 832. The van der Waals surface area contributed by atoms with Gasteiger partial charge in [0.05, 0.1) is 5.56 Å². The van der Waals surface area contributed by atoms with Gasteiger partial charge in [0.25, 0.3) is 5.91 Å². The Kier molecular flexibility index (Phi) is 7.56. The summed E-state index contributed by atoms with van der Waals surface area (Å²) in [7, 11) is 0. The van der Waals surface area contributed by atoms with Gasteiger partial charge in [0.15, 0.2) is 0 Å². The van der Waals surface area contributed by atoms with E-state index in [9.17, 15) is 4.79 Å². The number of hydrogen-bond donors (Lipinski definition) is 2. The molecule has 3 heterocycles. The van der Waals surface area contributed by atoms with E-state index in [1.807, 2.05) is 12.3 Å². The second-order valence-corrected chi connectivity index (χ2v) is 10.1. The molecule has 2 atom stereocenters. The van der Waals surface area contributed by atoms with E-state index in [-0.39, 0.29) is 30.7 Å². The number of carbonyl (C=O) groups is 1. The number of aryl methyl sites for hydroxylation is 1. The van der Waals surface area contributed by atoms with Crippen LogP contribution in [0.3, 0.4) is 0 Å². The highest BCUT2D eigenvalue weighted by atomic mass is 35.5. The normalized spacial score (nSPS) is 24.4. The first-order valence-corrected chi connectivity index (χ1v) is 11.6. The first-order valence-electron chi connectivity index (χ1n) is 9.85. The van der Waals surface area contributed by atoms with Gasteiger partial charge in [0, 0.05) is 34.3 Å². The van der Waals surface area contributed by atoms with Crippen LogP contribution in [0, 0.1) is 6.92 Å². The number of hydrogen-bond acceptors (Lipinski definition) is 7. The van der Waals surface area contributed by atoms with E-state index < -0.39 is 0 Å². The third-order valence-corrected chi connectivity index (χ3v) is 7.65. The van der Waals surface area contributed by atoms with E-state index in [0.29, 0.717) is 23.1 Å². The summed E-state index contributed by atoms with van der Waals surface area (Å²) in [5, 5.41) is 18.0. The Labute approximate surface area is 191 Å². The van der Waals surface area contributed by atoms with E-state index in [1.54, 1.807) is 11.3 Å².